The Balaban J connectivity index is 0.000000878. The van der Waals surface area contributed by atoms with E-state index in [2.05, 4.69) is 10.3 Å². The van der Waals surface area contributed by atoms with Crippen molar-refractivity contribution < 1.29 is 23.2 Å². The third kappa shape index (κ3) is 5.07. The van der Waals surface area contributed by atoms with Gasteiger partial charge in [-0.15, -0.1) is 0 Å². The van der Waals surface area contributed by atoms with Crippen LogP contribution in [0.3, 0.4) is 0 Å². The Morgan fingerprint density at radius 1 is 1.07 bits per heavy atom. The summed E-state index contributed by atoms with van der Waals surface area (Å²) in [6, 6.07) is 12.1. The molecule has 0 spiro atoms. The molecule has 0 fully saturated rings. The van der Waals surface area contributed by atoms with Gasteiger partial charge in [-0.05, 0) is 43.3 Å². The summed E-state index contributed by atoms with van der Waals surface area (Å²) in [5, 5.41) is 2.96. The van der Waals surface area contributed by atoms with E-state index in [-0.39, 0.29) is 12.0 Å². The Morgan fingerprint density at radius 2 is 1.71 bits per heavy atom. The summed E-state index contributed by atoms with van der Waals surface area (Å²) in [5.41, 5.74) is 1.98. The van der Waals surface area contributed by atoms with E-state index < -0.39 is 23.1 Å². The molecule has 0 radical (unpaired) electrons. The van der Waals surface area contributed by atoms with Gasteiger partial charge in [0.05, 0.1) is 0 Å². The maximum atomic E-state index is 13.6. The lowest BCUT2D eigenvalue weighted by atomic mass is 10.1. The molecule has 1 heterocycles. The first-order valence-electron chi connectivity index (χ1n) is 7.84. The van der Waals surface area contributed by atoms with Gasteiger partial charge in [-0.2, -0.15) is 9.59 Å². The third-order valence-electron chi connectivity index (χ3n) is 3.63. The monoisotopic (exact) mass is 402 g/mol. The van der Waals surface area contributed by atoms with E-state index in [1.807, 2.05) is 19.1 Å². The van der Waals surface area contributed by atoms with Crippen LogP contribution in [0.25, 0.3) is 11.1 Å². The second-order valence-corrected chi connectivity index (χ2v) is 5.96. The van der Waals surface area contributed by atoms with Crippen LogP contribution in [0.4, 0.5) is 14.6 Å². The van der Waals surface area contributed by atoms with Crippen molar-refractivity contribution in [3.8, 4) is 11.1 Å². The maximum Gasteiger partial charge on any atom is 0.373 e. The number of aromatic nitrogens is 1. The number of benzene rings is 2. The molecular weight excluding hydrogens is 390 g/mol. The van der Waals surface area contributed by atoms with Gasteiger partial charge < -0.3 is 5.32 Å². The summed E-state index contributed by atoms with van der Waals surface area (Å²) in [4.78, 5) is 32.4. The van der Waals surface area contributed by atoms with Gasteiger partial charge in [0.15, 0.2) is 0 Å². The first kappa shape index (κ1) is 20.9. The molecule has 0 saturated heterocycles. The van der Waals surface area contributed by atoms with E-state index >= 15 is 0 Å². The van der Waals surface area contributed by atoms with Gasteiger partial charge in [-0.1, -0.05) is 29.3 Å². The van der Waals surface area contributed by atoms with Gasteiger partial charge in [0.25, 0.3) is 5.91 Å². The summed E-state index contributed by atoms with van der Waals surface area (Å²) in [7, 11) is 0. The number of anilines is 1. The summed E-state index contributed by atoms with van der Waals surface area (Å²) in [5.74, 6) is -2.58. The number of pyridine rings is 1. The fourth-order valence-corrected chi connectivity index (χ4v) is 2.61. The summed E-state index contributed by atoms with van der Waals surface area (Å²) in [6.07, 6.45) is 1.79. The average Bonchev–Trinajstić information content (AvgIpc) is 2.65. The molecule has 0 aliphatic rings. The Hall–Kier alpha value is -3.41. The Morgan fingerprint density at radius 3 is 2.29 bits per heavy atom. The van der Waals surface area contributed by atoms with E-state index in [4.69, 9.17) is 21.2 Å². The highest BCUT2D eigenvalue weighted by atomic mass is 35.5. The number of hydrogen-bond donors (Lipinski definition) is 1. The average molecular weight is 403 g/mol. The van der Waals surface area contributed by atoms with Crippen LogP contribution in [0.15, 0.2) is 54.7 Å². The van der Waals surface area contributed by atoms with Crippen molar-refractivity contribution >= 4 is 29.5 Å². The number of amides is 1. The lowest BCUT2D eigenvalue weighted by molar-refractivity contribution is -0.191. The number of nitrogens with zero attached hydrogens (tertiary/aromatic N) is 1. The van der Waals surface area contributed by atoms with Gasteiger partial charge in [0.2, 0.25) is 0 Å². The molecule has 142 valence electrons. The van der Waals surface area contributed by atoms with Crippen molar-refractivity contribution in [1.82, 2.24) is 4.98 Å². The molecule has 1 amide bonds. The minimum atomic E-state index is -0.930. The van der Waals surface area contributed by atoms with Crippen LogP contribution < -0.4 is 5.32 Å². The Labute approximate surface area is 164 Å². The molecule has 0 atom stereocenters. The van der Waals surface area contributed by atoms with Crippen molar-refractivity contribution in [3.63, 3.8) is 0 Å². The molecule has 3 aromatic rings. The van der Waals surface area contributed by atoms with Gasteiger partial charge >= 0.3 is 6.15 Å². The van der Waals surface area contributed by atoms with Gasteiger partial charge in [0, 0.05) is 22.3 Å². The number of carbonyl (C=O) groups is 1. The molecule has 28 heavy (non-hydrogen) atoms. The van der Waals surface area contributed by atoms with Gasteiger partial charge in [-0.3, -0.25) is 4.79 Å². The molecule has 2 aromatic carbocycles. The number of carbonyl (C=O) groups excluding carboxylic acids is 3. The molecule has 0 aliphatic carbocycles. The molecule has 0 bridgehead atoms. The van der Waals surface area contributed by atoms with Crippen molar-refractivity contribution in [2.45, 2.75) is 6.92 Å². The maximum absolute atomic E-state index is 13.6. The highest BCUT2D eigenvalue weighted by Gasteiger charge is 2.17. The molecule has 8 heteroatoms. The molecule has 3 rings (SSSR count). The van der Waals surface area contributed by atoms with Crippen molar-refractivity contribution in [2.75, 3.05) is 5.32 Å². The predicted molar refractivity (Wildman–Crippen MR) is 98.7 cm³/mol. The van der Waals surface area contributed by atoms with Gasteiger partial charge in [-0.25, -0.2) is 13.8 Å². The van der Waals surface area contributed by atoms with Gasteiger partial charge in [0.1, 0.15) is 23.0 Å². The topological polar surface area (TPSA) is 76.1 Å². The molecule has 0 saturated carbocycles. The largest absolute Gasteiger partial charge is 0.373 e. The summed E-state index contributed by atoms with van der Waals surface area (Å²) >= 11 is 6.19. The third-order valence-corrected chi connectivity index (χ3v) is 3.96. The van der Waals surface area contributed by atoms with E-state index in [1.54, 1.807) is 18.2 Å². The number of rotatable bonds is 3. The lowest BCUT2D eigenvalue weighted by Crippen LogP contribution is -2.16. The Kier molecular flexibility index (Phi) is 7.09. The number of aryl methyl sites for hydroxylation is 1. The Bertz CT molecular complexity index is 1010. The molecule has 1 aromatic heterocycles. The highest BCUT2D eigenvalue weighted by molar-refractivity contribution is 6.33. The fourth-order valence-electron chi connectivity index (χ4n) is 2.38. The summed E-state index contributed by atoms with van der Waals surface area (Å²) in [6.45, 7) is 1.95. The smallest absolute Gasteiger partial charge is 0.306 e. The second kappa shape index (κ2) is 9.50. The molecule has 5 nitrogen and oxygen atoms in total. The summed E-state index contributed by atoms with van der Waals surface area (Å²) < 4.78 is 27.3. The van der Waals surface area contributed by atoms with Crippen LogP contribution in [-0.2, 0) is 9.59 Å². The quantitative estimate of drug-likeness (QED) is 0.691. The number of hydrogen-bond acceptors (Lipinski definition) is 4. The van der Waals surface area contributed by atoms with Crippen molar-refractivity contribution in [3.05, 3.63) is 82.5 Å². The van der Waals surface area contributed by atoms with E-state index in [0.717, 1.165) is 28.8 Å². The van der Waals surface area contributed by atoms with E-state index in [9.17, 15) is 13.6 Å². The zero-order valence-electron chi connectivity index (χ0n) is 14.5. The molecule has 0 unspecified atom stereocenters. The SMILES string of the molecule is Cc1ccc(Cl)c(-c2ccc(NC(=O)c3c(F)cccc3F)nc2)c1.O=C=O. The first-order chi connectivity index (χ1) is 13.4. The van der Waals surface area contributed by atoms with E-state index in [0.29, 0.717) is 5.02 Å². The molecule has 1 N–H and O–H groups in total. The van der Waals surface area contributed by atoms with Crippen LogP contribution in [-0.4, -0.2) is 17.0 Å². The van der Waals surface area contributed by atoms with Crippen molar-refractivity contribution in [2.24, 2.45) is 0 Å². The zero-order chi connectivity index (χ0) is 20.7. The van der Waals surface area contributed by atoms with Crippen LogP contribution in [0.2, 0.25) is 5.02 Å². The highest BCUT2D eigenvalue weighted by Crippen LogP contribution is 2.28. The second-order valence-electron chi connectivity index (χ2n) is 5.55. The van der Waals surface area contributed by atoms with Crippen LogP contribution in [0.1, 0.15) is 15.9 Å². The molecular formula is C20H13ClF2N2O3. The lowest BCUT2D eigenvalue weighted by Gasteiger charge is -2.09. The minimum absolute atomic E-state index is 0.181. The van der Waals surface area contributed by atoms with Crippen molar-refractivity contribution in [1.29, 1.82) is 0 Å². The number of nitrogens with one attached hydrogen (secondary N) is 1. The van der Waals surface area contributed by atoms with E-state index in [1.165, 1.54) is 12.3 Å². The first-order valence-corrected chi connectivity index (χ1v) is 8.22. The minimum Gasteiger partial charge on any atom is -0.306 e. The molecule has 0 aliphatic heterocycles. The normalized spacial score (nSPS) is 9.71. The van der Waals surface area contributed by atoms with Crippen LogP contribution in [0, 0.1) is 18.6 Å². The number of halogens is 3. The zero-order valence-corrected chi connectivity index (χ0v) is 15.3. The van der Waals surface area contributed by atoms with Crippen LogP contribution >= 0.6 is 11.6 Å². The fraction of sp³-hybridized carbons (Fsp3) is 0.0500. The van der Waals surface area contributed by atoms with Crippen LogP contribution in [0.5, 0.6) is 0 Å². The standard InChI is InChI=1S/C19H13ClF2N2O.CO2/c1-11-5-7-14(20)13(9-11)12-6-8-17(23-10-12)24-19(25)18-15(21)3-2-4-16(18)22;2-1-3/h2-10H,1H3,(H,23,24,25);. The predicted octanol–water partition coefficient (Wildman–Crippen LogP) is 4.66.